The molecule has 120 valence electrons. The molecule has 0 radical (unpaired) electrons. The van der Waals surface area contributed by atoms with Gasteiger partial charge < -0.3 is 10.0 Å². The van der Waals surface area contributed by atoms with Crippen molar-refractivity contribution in [1.82, 2.24) is 9.80 Å². The van der Waals surface area contributed by atoms with E-state index in [0.717, 1.165) is 25.1 Å². The molecule has 0 aliphatic carbocycles. The van der Waals surface area contributed by atoms with Crippen LogP contribution in [0.15, 0.2) is 24.3 Å². The Kier molecular flexibility index (Phi) is 7.36. The van der Waals surface area contributed by atoms with Crippen molar-refractivity contribution in [1.29, 1.82) is 0 Å². The van der Waals surface area contributed by atoms with E-state index < -0.39 is 6.10 Å². The summed E-state index contributed by atoms with van der Waals surface area (Å²) < 4.78 is 0. The molecule has 1 N–H and O–H groups in total. The molecular weight excluding hydrogens is 260 g/mol. The first-order valence-electron chi connectivity index (χ1n) is 8.08. The Bertz CT molecular complexity index is 402. The zero-order valence-electron chi connectivity index (χ0n) is 14.5. The van der Waals surface area contributed by atoms with Crippen molar-refractivity contribution in [3.8, 4) is 0 Å². The van der Waals surface area contributed by atoms with Gasteiger partial charge in [0.15, 0.2) is 0 Å². The van der Waals surface area contributed by atoms with E-state index in [-0.39, 0.29) is 6.04 Å². The Morgan fingerprint density at radius 2 is 1.62 bits per heavy atom. The zero-order chi connectivity index (χ0) is 16.0. The van der Waals surface area contributed by atoms with Gasteiger partial charge in [-0.1, -0.05) is 38.1 Å². The lowest BCUT2D eigenvalue weighted by atomic mass is 9.99. The van der Waals surface area contributed by atoms with Gasteiger partial charge in [0.05, 0.1) is 6.10 Å². The number of nitrogens with zero attached hydrogens (tertiary/aromatic N) is 2. The molecule has 0 fully saturated rings. The lowest BCUT2D eigenvalue weighted by Crippen LogP contribution is -2.47. The number of likely N-dealkylation sites (N-methyl/N-ethyl adjacent to an activating group) is 2. The molecule has 0 amide bonds. The fourth-order valence-corrected chi connectivity index (χ4v) is 3.04. The maximum atomic E-state index is 10.7. The van der Waals surface area contributed by atoms with Crippen LogP contribution in [0.3, 0.4) is 0 Å². The summed E-state index contributed by atoms with van der Waals surface area (Å²) in [5, 5.41) is 10.7. The smallest absolute Gasteiger partial charge is 0.0942 e. The van der Waals surface area contributed by atoms with Gasteiger partial charge in [0, 0.05) is 18.6 Å². The second-order valence-electron chi connectivity index (χ2n) is 6.22. The molecule has 1 aromatic carbocycles. The first kappa shape index (κ1) is 18.1. The van der Waals surface area contributed by atoms with E-state index in [1.807, 2.05) is 0 Å². The summed E-state index contributed by atoms with van der Waals surface area (Å²) in [5.41, 5.74) is 2.32. The molecule has 1 aromatic rings. The topological polar surface area (TPSA) is 26.7 Å². The maximum Gasteiger partial charge on any atom is 0.0942 e. The number of rotatable bonds is 8. The van der Waals surface area contributed by atoms with Gasteiger partial charge in [0.25, 0.3) is 0 Å². The highest BCUT2D eigenvalue weighted by Gasteiger charge is 2.25. The van der Waals surface area contributed by atoms with Crippen LogP contribution in [0.5, 0.6) is 0 Å². The molecular formula is C18H32N2O. The molecule has 3 atom stereocenters. The fourth-order valence-electron chi connectivity index (χ4n) is 3.04. The van der Waals surface area contributed by atoms with Crippen LogP contribution in [-0.2, 0) is 6.42 Å². The molecule has 21 heavy (non-hydrogen) atoms. The minimum absolute atomic E-state index is 0.109. The number of hydrogen-bond donors (Lipinski definition) is 1. The monoisotopic (exact) mass is 292 g/mol. The van der Waals surface area contributed by atoms with Gasteiger partial charge in [-0.25, -0.2) is 0 Å². The Morgan fingerprint density at radius 3 is 2.05 bits per heavy atom. The lowest BCUT2D eigenvalue weighted by Gasteiger charge is -2.37. The minimum Gasteiger partial charge on any atom is -0.387 e. The summed E-state index contributed by atoms with van der Waals surface area (Å²) in [6.07, 6.45) is 0.591. The summed E-state index contributed by atoms with van der Waals surface area (Å²) >= 11 is 0. The number of hydrogen-bond acceptors (Lipinski definition) is 3. The Morgan fingerprint density at radius 1 is 1.05 bits per heavy atom. The van der Waals surface area contributed by atoms with Crippen molar-refractivity contribution in [2.45, 2.75) is 52.3 Å². The van der Waals surface area contributed by atoms with Crippen LogP contribution in [0.4, 0.5) is 0 Å². The highest BCUT2D eigenvalue weighted by Crippen LogP contribution is 2.23. The third-order valence-electron chi connectivity index (χ3n) is 4.27. The molecule has 0 bridgehead atoms. The van der Waals surface area contributed by atoms with Crippen molar-refractivity contribution in [2.75, 3.05) is 27.2 Å². The van der Waals surface area contributed by atoms with Gasteiger partial charge in [0.2, 0.25) is 0 Å². The van der Waals surface area contributed by atoms with Gasteiger partial charge in [-0.2, -0.15) is 0 Å². The molecule has 0 saturated heterocycles. The van der Waals surface area contributed by atoms with Crippen LogP contribution >= 0.6 is 0 Å². The zero-order valence-corrected chi connectivity index (χ0v) is 14.5. The Labute approximate surface area is 130 Å². The first-order chi connectivity index (χ1) is 9.90. The quantitative estimate of drug-likeness (QED) is 0.798. The van der Waals surface area contributed by atoms with Gasteiger partial charge in [-0.3, -0.25) is 4.90 Å². The third kappa shape index (κ3) is 5.10. The number of aryl methyl sites for hydroxylation is 1. The predicted molar refractivity (Wildman–Crippen MR) is 90.6 cm³/mol. The Balaban J connectivity index is 2.79. The molecule has 0 aliphatic heterocycles. The molecule has 0 aliphatic rings. The van der Waals surface area contributed by atoms with E-state index in [2.05, 4.69) is 75.9 Å². The average molecular weight is 292 g/mol. The number of aliphatic hydroxyl groups is 1. The fraction of sp³-hybridized carbons (Fsp3) is 0.667. The van der Waals surface area contributed by atoms with Crippen LogP contribution in [0.1, 0.15) is 44.9 Å². The average Bonchev–Trinajstić information content (AvgIpc) is 2.46. The van der Waals surface area contributed by atoms with Crippen LogP contribution in [0.2, 0.25) is 0 Å². The van der Waals surface area contributed by atoms with Crippen LogP contribution in [0.25, 0.3) is 0 Å². The lowest BCUT2D eigenvalue weighted by molar-refractivity contribution is 0.0329. The van der Waals surface area contributed by atoms with E-state index in [0.29, 0.717) is 6.04 Å². The molecule has 3 heteroatoms. The summed E-state index contributed by atoms with van der Waals surface area (Å²) in [7, 11) is 4.18. The summed E-state index contributed by atoms with van der Waals surface area (Å²) in [6.45, 7) is 10.6. The predicted octanol–water partition coefficient (Wildman–Crippen LogP) is 2.94. The van der Waals surface area contributed by atoms with Crippen molar-refractivity contribution >= 4 is 0 Å². The number of aliphatic hydroxyl groups excluding tert-OH is 1. The third-order valence-corrected chi connectivity index (χ3v) is 4.27. The van der Waals surface area contributed by atoms with Crippen molar-refractivity contribution in [2.24, 2.45) is 0 Å². The molecule has 1 rings (SSSR count). The normalized spacial score (nSPS) is 16.2. The molecule has 0 spiro atoms. The summed E-state index contributed by atoms with van der Waals surface area (Å²) in [6, 6.07) is 8.88. The second kappa shape index (κ2) is 8.52. The summed E-state index contributed by atoms with van der Waals surface area (Å²) in [5.74, 6) is 0. The van der Waals surface area contributed by atoms with Gasteiger partial charge in [0.1, 0.15) is 0 Å². The van der Waals surface area contributed by atoms with E-state index in [9.17, 15) is 5.11 Å². The van der Waals surface area contributed by atoms with Crippen molar-refractivity contribution in [3.05, 3.63) is 35.4 Å². The standard InChI is InChI=1S/C18H32N2O/c1-7-16-9-11-17(12-10-16)18(21)15(4)20(8-2)14(3)13-19(5)6/h9-12,14-15,18,21H,7-8,13H2,1-6H3. The van der Waals surface area contributed by atoms with Crippen LogP contribution < -0.4 is 0 Å². The molecule has 0 heterocycles. The van der Waals surface area contributed by atoms with E-state index in [1.54, 1.807) is 0 Å². The van der Waals surface area contributed by atoms with E-state index >= 15 is 0 Å². The molecule has 3 nitrogen and oxygen atoms in total. The SMILES string of the molecule is CCc1ccc(C(O)C(C)N(CC)C(C)CN(C)C)cc1. The van der Waals surface area contributed by atoms with Crippen LogP contribution in [0, 0.1) is 0 Å². The van der Waals surface area contributed by atoms with Gasteiger partial charge >= 0.3 is 0 Å². The molecule has 3 unspecified atom stereocenters. The largest absolute Gasteiger partial charge is 0.387 e. The first-order valence-corrected chi connectivity index (χ1v) is 8.08. The van der Waals surface area contributed by atoms with E-state index in [4.69, 9.17) is 0 Å². The summed E-state index contributed by atoms with van der Waals surface area (Å²) in [4.78, 5) is 4.57. The van der Waals surface area contributed by atoms with Gasteiger partial charge in [-0.15, -0.1) is 0 Å². The Hall–Kier alpha value is -0.900. The van der Waals surface area contributed by atoms with Crippen molar-refractivity contribution < 1.29 is 5.11 Å². The maximum absolute atomic E-state index is 10.7. The minimum atomic E-state index is -0.444. The van der Waals surface area contributed by atoms with E-state index in [1.165, 1.54) is 5.56 Å². The van der Waals surface area contributed by atoms with Gasteiger partial charge in [-0.05, 0) is 52.0 Å². The highest BCUT2D eigenvalue weighted by atomic mass is 16.3. The second-order valence-corrected chi connectivity index (χ2v) is 6.22. The molecule has 0 saturated carbocycles. The molecule has 0 aromatic heterocycles. The highest BCUT2D eigenvalue weighted by molar-refractivity contribution is 5.25. The van der Waals surface area contributed by atoms with Crippen LogP contribution in [-0.4, -0.2) is 54.2 Å². The van der Waals surface area contributed by atoms with Crippen molar-refractivity contribution in [3.63, 3.8) is 0 Å². The number of benzene rings is 1.